The molecule has 0 bridgehead atoms. The predicted octanol–water partition coefficient (Wildman–Crippen LogP) is 1.34. The fraction of sp³-hybridized carbons (Fsp3) is 1.00. The molecule has 0 aromatic heterocycles. The molecule has 3 nitrogen and oxygen atoms in total. The molecule has 3 heteroatoms. The molecule has 1 aliphatic carbocycles. The number of nitrogens with zero attached hydrogens (tertiary/aromatic N) is 1. The van der Waals surface area contributed by atoms with Crippen molar-refractivity contribution in [2.24, 2.45) is 17.3 Å². The van der Waals surface area contributed by atoms with Crippen LogP contribution in [0.15, 0.2) is 0 Å². The van der Waals surface area contributed by atoms with Crippen LogP contribution < -0.4 is 5.32 Å². The summed E-state index contributed by atoms with van der Waals surface area (Å²) in [4.78, 5) is 2.68. The van der Waals surface area contributed by atoms with Gasteiger partial charge in [-0.05, 0) is 44.6 Å². The van der Waals surface area contributed by atoms with Gasteiger partial charge in [0.05, 0.1) is 0 Å². The van der Waals surface area contributed by atoms with Crippen LogP contribution in [0.1, 0.15) is 26.2 Å². The van der Waals surface area contributed by atoms with Crippen LogP contribution in [0.5, 0.6) is 0 Å². The van der Waals surface area contributed by atoms with Crippen LogP contribution in [0, 0.1) is 17.3 Å². The van der Waals surface area contributed by atoms with E-state index in [9.17, 15) is 0 Å². The van der Waals surface area contributed by atoms with Crippen molar-refractivity contribution in [1.29, 1.82) is 0 Å². The van der Waals surface area contributed by atoms with Crippen molar-refractivity contribution in [3.05, 3.63) is 0 Å². The summed E-state index contributed by atoms with van der Waals surface area (Å²) in [7, 11) is 0. The summed E-state index contributed by atoms with van der Waals surface area (Å²) in [6.07, 6.45) is 4.21. The maximum absolute atomic E-state index is 5.49. The zero-order valence-electron chi connectivity index (χ0n) is 11.1. The Morgan fingerprint density at radius 2 is 2.12 bits per heavy atom. The fourth-order valence-electron chi connectivity index (χ4n) is 3.91. The molecule has 3 fully saturated rings. The minimum atomic E-state index is 0.675. The van der Waals surface area contributed by atoms with Crippen LogP contribution in [0.2, 0.25) is 0 Å². The van der Waals surface area contributed by atoms with Gasteiger partial charge in [-0.15, -0.1) is 0 Å². The zero-order valence-corrected chi connectivity index (χ0v) is 11.1. The van der Waals surface area contributed by atoms with E-state index in [0.29, 0.717) is 5.41 Å². The Labute approximate surface area is 105 Å². The molecule has 3 aliphatic rings. The molecule has 1 N–H and O–H groups in total. The van der Waals surface area contributed by atoms with Crippen molar-refractivity contribution in [2.45, 2.75) is 26.2 Å². The second-order valence-electron chi connectivity index (χ2n) is 6.46. The lowest BCUT2D eigenvalue weighted by Gasteiger charge is -2.51. The quantitative estimate of drug-likeness (QED) is 0.782. The number of ether oxygens (including phenoxy) is 1. The van der Waals surface area contributed by atoms with Gasteiger partial charge in [0.1, 0.15) is 0 Å². The average molecular weight is 238 g/mol. The van der Waals surface area contributed by atoms with E-state index in [0.717, 1.165) is 25.0 Å². The summed E-state index contributed by atoms with van der Waals surface area (Å²) in [5, 5.41) is 3.50. The van der Waals surface area contributed by atoms with Gasteiger partial charge in [0.2, 0.25) is 0 Å². The molecule has 0 radical (unpaired) electrons. The van der Waals surface area contributed by atoms with Crippen LogP contribution in [0.3, 0.4) is 0 Å². The lowest BCUT2D eigenvalue weighted by molar-refractivity contribution is -0.0250. The molecule has 0 atom stereocenters. The highest BCUT2D eigenvalue weighted by Gasteiger charge is 2.45. The molecule has 2 heterocycles. The van der Waals surface area contributed by atoms with E-state index in [4.69, 9.17) is 4.74 Å². The van der Waals surface area contributed by atoms with Crippen molar-refractivity contribution in [3.8, 4) is 0 Å². The molecule has 98 valence electrons. The number of hydrogen-bond acceptors (Lipinski definition) is 3. The molecule has 0 amide bonds. The summed E-state index contributed by atoms with van der Waals surface area (Å²) in [5.74, 6) is 1.83. The van der Waals surface area contributed by atoms with Crippen molar-refractivity contribution in [3.63, 3.8) is 0 Å². The summed E-state index contributed by atoms with van der Waals surface area (Å²) in [6.45, 7) is 10.5. The number of hydrogen-bond donors (Lipinski definition) is 1. The molecule has 0 aromatic rings. The first-order chi connectivity index (χ1) is 8.30. The number of nitrogens with one attached hydrogen (secondary N) is 1. The van der Waals surface area contributed by atoms with Crippen LogP contribution in [-0.2, 0) is 4.74 Å². The van der Waals surface area contributed by atoms with Crippen molar-refractivity contribution in [1.82, 2.24) is 10.2 Å². The molecule has 1 spiro atoms. The summed E-state index contributed by atoms with van der Waals surface area (Å²) in [6, 6.07) is 0. The highest BCUT2D eigenvalue weighted by atomic mass is 16.5. The fourth-order valence-corrected chi connectivity index (χ4v) is 3.91. The monoisotopic (exact) mass is 238 g/mol. The molecule has 0 aromatic carbocycles. The Bertz CT molecular complexity index is 249. The van der Waals surface area contributed by atoms with E-state index in [1.807, 2.05) is 0 Å². The Morgan fingerprint density at radius 1 is 1.29 bits per heavy atom. The molecule has 2 saturated heterocycles. The van der Waals surface area contributed by atoms with Gasteiger partial charge in [0.15, 0.2) is 0 Å². The smallest absolute Gasteiger partial charge is 0.0494 e. The van der Waals surface area contributed by atoms with Gasteiger partial charge in [0.25, 0.3) is 0 Å². The van der Waals surface area contributed by atoms with Crippen LogP contribution in [-0.4, -0.2) is 50.8 Å². The van der Waals surface area contributed by atoms with E-state index < -0.39 is 0 Å². The molecular weight excluding hydrogens is 212 g/mol. The van der Waals surface area contributed by atoms with E-state index in [-0.39, 0.29) is 0 Å². The van der Waals surface area contributed by atoms with Gasteiger partial charge >= 0.3 is 0 Å². The average Bonchev–Trinajstić information content (AvgIpc) is 2.69. The molecular formula is C14H26N2O. The highest BCUT2D eigenvalue weighted by Crippen LogP contribution is 2.40. The minimum absolute atomic E-state index is 0.675. The standard InChI is InChI=1S/C14H26N2O/c1-2-17-8-13-5-12(6-13)7-16-10-14(11-16)3-4-15-9-14/h12-13,15H,2-11H2,1H3. The van der Waals surface area contributed by atoms with E-state index in [2.05, 4.69) is 17.1 Å². The third-order valence-electron chi connectivity index (χ3n) is 4.86. The van der Waals surface area contributed by atoms with Crippen molar-refractivity contribution < 1.29 is 4.74 Å². The predicted molar refractivity (Wildman–Crippen MR) is 69.1 cm³/mol. The minimum Gasteiger partial charge on any atom is -0.381 e. The topological polar surface area (TPSA) is 24.5 Å². The number of rotatable bonds is 5. The zero-order chi connectivity index (χ0) is 11.7. The second kappa shape index (κ2) is 4.87. The third-order valence-corrected chi connectivity index (χ3v) is 4.86. The first kappa shape index (κ1) is 11.9. The first-order valence-electron chi connectivity index (χ1n) is 7.30. The maximum Gasteiger partial charge on any atom is 0.0494 e. The summed E-state index contributed by atoms with van der Waals surface area (Å²) >= 11 is 0. The molecule has 2 aliphatic heterocycles. The molecule has 3 rings (SSSR count). The van der Waals surface area contributed by atoms with Gasteiger partial charge in [-0.1, -0.05) is 0 Å². The lowest BCUT2D eigenvalue weighted by atomic mass is 9.72. The lowest BCUT2D eigenvalue weighted by Crippen LogP contribution is -2.59. The number of likely N-dealkylation sites (tertiary alicyclic amines) is 1. The van der Waals surface area contributed by atoms with E-state index in [1.54, 1.807) is 0 Å². The van der Waals surface area contributed by atoms with Gasteiger partial charge in [-0.25, -0.2) is 0 Å². The first-order valence-corrected chi connectivity index (χ1v) is 7.30. The van der Waals surface area contributed by atoms with Crippen molar-refractivity contribution in [2.75, 3.05) is 45.9 Å². The Hall–Kier alpha value is -0.120. The molecule has 1 saturated carbocycles. The second-order valence-corrected chi connectivity index (χ2v) is 6.46. The Kier molecular flexibility index (Phi) is 3.42. The normalized spacial score (nSPS) is 35.8. The van der Waals surface area contributed by atoms with Crippen molar-refractivity contribution >= 4 is 0 Å². The van der Waals surface area contributed by atoms with Gasteiger partial charge in [0, 0.05) is 44.8 Å². The SMILES string of the molecule is CCOCC1CC(CN2CC3(CCNC3)C2)C1. The molecule has 0 unspecified atom stereocenters. The maximum atomic E-state index is 5.49. The van der Waals surface area contributed by atoms with Crippen LogP contribution >= 0.6 is 0 Å². The van der Waals surface area contributed by atoms with E-state index >= 15 is 0 Å². The van der Waals surface area contributed by atoms with Gasteiger partial charge in [-0.3, -0.25) is 0 Å². The van der Waals surface area contributed by atoms with E-state index in [1.165, 1.54) is 52.0 Å². The third kappa shape index (κ3) is 2.51. The molecule has 17 heavy (non-hydrogen) atoms. The Balaban J connectivity index is 1.30. The van der Waals surface area contributed by atoms with Gasteiger partial charge in [-0.2, -0.15) is 0 Å². The highest BCUT2D eigenvalue weighted by molar-refractivity contribution is 5.01. The summed E-state index contributed by atoms with van der Waals surface area (Å²) < 4.78 is 5.49. The summed E-state index contributed by atoms with van der Waals surface area (Å²) in [5.41, 5.74) is 0.675. The van der Waals surface area contributed by atoms with Gasteiger partial charge < -0.3 is 15.0 Å². The largest absolute Gasteiger partial charge is 0.381 e. The van der Waals surface area contributed by atoms with Crippen LogP contribution in [0.25, 0.3) is 0 Å². The van der Waals surface area contributed by atoms with Crippen LogP contribution in [0.4, 0.5) is 0 Å². The Morgan fingerprint density at radius 3 is 2.76 bits per heavy atom.